The number of nitrogens with one attached hydrogen (secondary N) is 1. The molecular weight excluding hydrogens is 228 g/mol. The Bertz CT molecular complexity index is 362. The molecule has 0 atom stereocenters. The molecule has 0 spiro atoms. The minimum absolute atomic E-state index is 0.0301. The highest BCUT2D eigenvalue weighted by Gasteiger charge is 2.24. The average molecular weight is 250 g/mol. The Balaban J connectivity index is 2.80. The monoisotopic (exact) mass is 250 g/mol. The molecule has 0 unspecified atom stereocenters. The third kappa shape index (κ3) is 4.02. The summed E-state index contributed by atoms with van der Waals surface area (Å²) in [6.45, 7) is 3.86. The topological polar surface area (TPSA) is 49.4 Å². The van der Waals surface area contributed by atoms with E-state index in [1.165, 1.54) is 19.0 Å². The SMILES string of the molecule is CC(C)=C/C(=C\NC=O)C(=O)N(C)C1CCCC1. The molecule has 0 aromatic carbocycles. The third-order valence-electron chi connectivity index (χ3n) is 3.19. The molecule has 2 amide bonds. The van der Waals surface area contributed by atoms with Crippen LogP contribution in [0.2, 0.25) is 0 Å². The number of amides is 2. The van der Waals surface area contributed by atoms with Gasteiger partial charge in [-0.2, -0.15) is 0 Å². The minimum atomic E-state index is -0.0301. The Hall–Kier alpha value is -1.58. The van der Waals surface area contributed by atoms with Gasteiger partial charge in [-0.3, -0.25) is 9.59 Å². The van der Waals surface area contributed by atoms with E-state index < -0.39 is 0 Å². The van der Waals surface area contributed by atoms with Crippen molar-refractivity contribution in [3.8, 4) is 0 Å². The van der Waals surface area contributed by atoms with Gasteiger partial charge in [-0.25, -0.2) is 0 Å². The van der Waals surface area contributed by atoms with Crippen LogP contribution in [-0.4, -0.2) is 30.3 Å². The van der Waals surface area contributed by atoms with Crippen LogP contribution in [-0.2, 0) is 9.59 Å². The molecule has 0 aliphatic heterocycles. The number of nitrogens with zero attached hydrogens (tertiary/aromatic N) is 1. The maximum Gasteiger partial charge on any atom is 0.255 e. The smallest absolute Gasteiger partial charge is 0.255 e. The number of allylic oxidation sites excluding steroid dienone is 1. The Morgan fingerprint density at radius 3 is 2.39 bits per heavy atom. The first kappa shape index (κ1) is 14.5. The van der Waals surface area contributed by atoms with E-state index in [4.69, 9.17) is 0 Å². The number of hydrogen-bond acceptors (Lipinski definition) is 2. The summed E-state index contributed by atoms with van der Waals surface area (Å²) in [6.07, 6.45) is 8.36. The Kier molecular flexibility index (Phi) is 5.62. The molecular formula is C14H22N2O2. The highest BCUT2D eigenvalue weighted by atomic mass is 16.2. The van der Waals surface area contributed by atoms with E-state index in [0.29, 0.717) is 18.0 Å². The molecule has 0 radical (unpaired) electrons. The van der Waals surface area contributed by atoms with Gasteiger partial charge in [0, 0.05) is 19.3 Å². The van der Waals surface area contributed by atoms with Crippen molar-refractivity contribution in [2.45, 2.75) is 45.6 Å². The van der Waals surface area contributed by atoms with E-state index in [2.05, 4.69) is 5.32 Å². The molecule has 1 aliphatic rings. The van der Waals surface area contributed by atoms with Crippen molar-refractivity contribution in [1.29, 1.82) is 0 Å². The van der Waals surface area contributed by atoms with Crippen LogP contribution in [0.1, 0.15) is 39.5 Å². The van der Waals surface area contributed by atoms with E-state index in [0.717, 1.165) is 18.4 Å². The normalized spacial score (nSPS) is 16.3. The van der Waals surface area contributed by atoms with E-state index in [1.54, 1.807) is 11.0 Å². The van der Waals surface area contributed by atoms with Crippen molar-refractivity contribution in [3.63, 3.8) is 0 Å². The molecule has 0 saturated heterocycles. The van der Waals surface area contributed by atoms with E-state index in [-0.39, 0.29) is 5.91 Å². The van der Waals surface area contributed by atoms with Gasteiger partial charge in [0.15, 0.2) is 0 Å². The zero-order chi connectivity index (χ0) is 13.5. The van der Waals surface area contributed by atoms with Crippen molar-refractivity contribution < 1.29 is 9.59 Å². The second-order valence-electron chi connectivity index (χ2n) is 4.96. The molecule has 1 rings (SSSR count). The molecule has 100 valence electrons. The summed E-state index contributed by atoms with van der Waals surface area (Å²) in [7, 11) is 1.84. The Morgan fingerprint density at radius 2 is 1.89 bits per heavy atom. The summed E-state index contributed by atoms with van der Waals surface area (Å²) >= 11 is 0. The summed E-state index contributed by atoms with van der Waals surface area (Å²) in [5.74, 6) is -0.0301. The zero-order valence-electron chi connectivity index (χ0n) is 11.4. The summed E-state index contributed by atoms with van der Waals surface area (Å²) in [5, 5.41) is 2.45. The predicted molar refractivity (Wildman–Crippen MR) is 71.7 cm³/mol. The zero-order valence-corrected chi connectivity index (χ0v) is 11.4. The molecule has 4 heteroatoms. The standard InChI is InChI=1S/C14H22N2O2/c1-11(2)8-12(9-15-10-17)14(18)16(3)13-6-4-5-7-13/h8-10,13H,4-7H2,1-3H3,(H,15,17)/b12-9+. The first-order valence-electron chi connectivity index (χ1n) is 6.38. The summed E-state index contributed by atoms with van der Waals surface area (Å²) < 4.78 is 0. The van der Waals surface area contributed by atoms with Crippen LogP contribution in [0.15, 0.2) is 23.4 Å². The van der Waals surface area contributed by atoms with Crippen LogP contribution < -0.4 is 5.32 Å². The highest BCUT2D eigenvalue weighted by Crippen LogP contribution is 2.23. The number of carbonyl (C=O) groups excluding carboxylic acids is 2. The molecule has 1 N–H and O–H groups in total. The van der Waals surface area contributed by atoms with Crippen molar-refractivity contribution in [1.82, 2.24) is 10.2 Å². The number of carbonyl (C=O) groups is 2. The van der Waals surface area contributed by atoms with Crippen LogP contribution in [0.4, 0.5) is 0 Å². The molecule has 0 aromatic heterocycles. The second kappa shape index (κ2) is 6.99. The van der Waals surface area contributed by atoms with Crippen LogP contribution in [0.3, 0.4) is 0 Å². The van der Waals surface area contributed by atoms with Gasteiger partial charge in [-0.15, -0.1) is 0 Å². The van der Waals surface area contributed by atoms with Crippen molar-refractivity contribution in [2.75, 3.05) is 7.05 Å². The molecule has 0 heterocycles. The molecule has 4 nitrogen and oxygen atoms in total. The molecule has 1 saturated carbocycles. The predicted octanol–water partition coefficient (Wildman–Crippen LogP) is 1.98. The van der Waals surface area contributed by atoms with Gasteiger partial charge in [0.25, 0.3) is 5.91 Å². The molecule has 18 heavy (non-hydrogen) atoms. The van der Waals surface area contributed by atoms with E-state index in [1.807, 2.05) is 20.9 Å². The lowest BCUT2D eigenvalue weighted by Gasteiger charge is -2.24. The maximum atomic E-state index is 12.3. The van der Waals surface area contributed by atoms with Crippen LogP contribution in [0.5, 0.6) is 0 Å². The van der Waals surface area contributed by atoms with Crippen LogP contribution >= 0.6 is 0 Å². The van der Waals surface area contributed by atoms with Crippen LogP contribution in [0, 0.1) is 0 Å². The van der Waals surface area contributed by atoms with Gasteiger partial charge in [-0.05, 0) is 32.8 Å². The fourth-order valence-corrected chi connectivity index (χ4v) is 2.26. The van der Waals surface area contributed by atoms with Gasteiger partial charge in [0.1, 0.15) is 0 Å². The van der Waals surface area contributed by atoms with Gasteiger partial charge in [0.2, 0.25) is 6.41 Å². The second-order valence-corrected chi connectivity index (χ2v) is 4.96. The first-order chi connectivity index (χ1) is 8.56. The quantitative estimate of drug-likeness (QED) is 0.461. The largest absolute Gasteiger partial charge is 0.339 e. The summed E-state index contributed by atoms with van der Waals surface area (Å²) in [5.41, 5.74) is 1.55. The molecule has 0 bridgehead atoms. The number of likely N-dealkylation sites (N-methyl/N-ethyl adjacent to an activating group) is 1. The fourth-order valence-electron chi connectivity index (χ4n) is 2.26. The van der Waals surface area contributed by atoms with Crippen LogP contribution in [0.25, 0.3) is 0 Å². The minimum Gasteiger partial charge on any atom is -0.339 e. The summed E-state index contributed by atoms with van der Waals surface area (Å²) in [6, 6.07) is 0.336. The van der Waals surface area contributed by atoms with Gasteiger partial charge >= 0.3 is 0 Å². The lowest BCUT2D eigenvalue weighted by Crippen LogP contribution is -2.36. The Morgan fingerprint density at radius 1 is 1.28 bits per heavy atom. The fraction of sp³-hybridized carbons (Fsp3) is 0.571. The highest BCUT2D eigenvalue weighted by molar-refractivity contribution is 5.96. The maximum absolute atomic E-state index is 12.3. The number of rotatable bonds is 5. The first-order valence-corrected chi connectivity index (χ1v) is 6.38. The van der Waals surface area contributed by atoms with Gasteiger partial charge in [-0.1, -0.05) is 18.4 Å². The van der Waals surface area contributed by atoms with E-state index >= 15 is 0 Å². The van der Waals surface area contributed by atoms with Crippen molar-refractivity contribution in [2.24, 2.45) is 0 Å². The lowest BCUT2D eigenvalue weighted by atomic mass is 10.1. The molecule has 1 fully saturated rings. The lowest BCUT2D eigenvalue weighted by molar-refractivity contribution is -0.127. The molecule has 0 aromatic rings. The third-order valence-corrected chi connectivity index (χ3v) is 3.19. The van der Waals surface area contributed by atoms with Crippen molar-refractivity contribution in [3.05, 3.63) is 23.4 Å². The van der Waals surface area contributed by atoms with Crippen molar-refractivity contribution >= 4 is 12.3 Å². The van der Waals surface area contributed by atoms with Gasteiger partial charge in [0.05, 0.1) is 5.57 Å². The number of hydrogen-bond donors (Lipinski definition) is 1. The molecule has 1 aliphatic carbocycles. The Labute approximate surface area is 109 Å². The van der Waals surface area contributed by atoms with E-state index in [9.17, 15) is 9.59 Å². The summed E-state index contributed by atoms with van der Waals surface area (Å²) in [4.78, 5) is 24.5. The van der Waals surface area contributed by atoms with Gasteiger partial charge < -0.3 is 10.2 Å². The average Bonchev–Trinajstić information content (AvgIpc) is 2.85.